The molecule has 0 spiro atoms. The third kappa shape index (κ3) is 3.63. The molecule has 1 rings (SSSR count). The molecule has 5 heteroatoms. The lowest BCUT2D eigenvalue weighted by molar-refractivity contribution is -0.0328. The molecule has 1 aromatic carbocycles. The van der Waals surface area contributed by atoms with Gasteiger partial charge in [0.2, 0.25) is 0 Å². The zero-order chi connectivity index (χ0) is 12.2. The highest BCUT2D eigenvalue weighted by atomic mass is 32.2. The van der Waals surface area contributed by atoms with E-state index >= 15 is 0 Å². The second kappa shape index (κ2) is 5.48. The van der Waals surface area contributed by atoms with E-state index in [0.29, 0.717) is 5.75 Å². The molecular formula is C11H13F3OS. The largest absolute Gasteiger partial charge is 0.495 e. The van der Waals surface area contributed by atoms with Crippen LogP contribution in [0.15, 0.2) is 23.1 Å². The Morgan fingerprint density at radius 1 is 1.31 bits per heavy atom. The molecule has 0 saturated heterocycles. The van der Waals surface area contributed by atoms with Crippen LogP contribution in [-0.2, 0) is 6.42 Å². The third-order valence-electron chi connectivity index (χ3n) is 2.01. The Balaban J connectivity index is 3.04. The number of thioether (sulfide) groups is 1. The van der Waals surface area contributed by atoms with Gasteiger partial charge in [-0.3, -0.25) is 0 Å². The summed E-state index contributed by atoms with van der Waals surface area (Å²) in [6, 6.07) is 4.85. The van der Waals surface area contributed by atoms with Crippen molar-refractivity contribution in [2.45, 2.75) is 30.2 Å². The van der Waals surface area contributed by atoms with E-state index in [-0.39, 0.29) is 16.7 Å². The van der Waals surface area contributed by atoms with Gasteiger partial charge in [0.25, 0.3) is 0 Å². The number of ether oxygens (including phenoxy) is 1. The van der Waals surface area contributed by atoms with E-state index < -0.39 is 5.51 Å². The molecule has 16 heavy (non-hydrogen) atoms. The van der Waals surface area contributed by atoms with Crippen molar-refractivity contribution >= 4 is 11.8 Å². The number of rotatable bonds is 4. The fourth-order valence-corrected chi connectivity index (χ4v) is 2.17. The van der Waals surface area contributed by atoms with Gasteiger partial charge in [0.15, 0.2) is 0 Å². The van der Waals surface area contributed by atoms with E-state index in [1.54, 1.807) is 12.1 Å². The molecule has 0 aliphatic rings. The van der Waals surface area contributed by atoms with Crippen LogP contribution in [0.1, 0.15) is 18.9 Å². The summed E-state index contributed by atoms with van der Waals surface area (Å²) in [5.74, 6) is 0.340. The lowest BCUT2D eigenvalue weighted by Crippen LogP contribution is -2.01. The highest BCUT2D eigenvalue weighted by Crippen LogP contribution is 2.42. The number of benzene rings is 1. The first-order chi connectivity index (χ1) is 7.48. The van der Waals surface area contributed by atoms with Crippen molar-refractivity contribution < 1.29 is 17.9 Å². The standard InChI is InChI=1S/C11H13F3OS/c1-3-5-8-6-4-7-9(10(8)15-2)16-11(12,13)14/h4,6-7H,3,5H2,1-2H3. The SMILES string of the molecule is CCCc1cccc(SC(F)(F)F)c1OC. The molecule has 0 atom stereocenters. The second-order valence-corrected chi connectivity index (χ2v) is 4.35. The Kier molecular flexibility index (Phi) is 4.53. The van der Waals surface area contributed by atoms with Gasteiger partial charge in [-0.1, -0.05) is 25.5 Å². The molecule has 0 aliphatic heterocycles. The first-order valence-electron chi connectivity index (χ1n) is 4.89. The Morgan fingerprint density at radius 2 is 2.00 bits per heavy atom. The van der Waals surface area contributed by atoms with Crippen molar-refractivity contribution in [1.29, 1.82) is 0 Å². The van der Waals surface area contributed by atoms with Crippen LogP contribution in [0, 0.1) is 0 Å². The van der Waals surface area contributed by atoms with Crippen LogP contribution in [0.2, 0.25) is 0 Å². The minimum atomic E-state index is -4.28. The molecule has 0 amide bonds. The fraction of sp³-hybridized carbons (Fsp3) is 0.455. The Labute approximate surface area is 97.0 Å². The van der Waals surface area contributed by atoms with E-state index in [1.165, 1.54) is 13.2 Å². The number of alkyl halides is 3. The summed E-state index contributed by atoms with van der Waals surface area (Å²) in [5.41, 5.74) is -3.46. The predicted octanol–water partition coefficient (Wildman–Crippen LogP) is 4.26. The average molecular weight is 250 g/mol. The van der Waals surface area contributed by atoms with Gasteiger partial charge in [-0.05, 0) is 29.8 Å². The maximum absolute atomic E-state index is 12.3. The van der Waals surface area contributed by atoms with Crippen LogP contribution in [0.4, 0.5) is 13.2 Å². The highest BCUT2D eigenvalue weighted by Gasteiger charge is 2.31. The first kappa shape index (κ1) is 13.2. The molecule has 0 bridgehead atoms. The topological polar surface area (TPSA) is 9.23 Å². The van der Waals surface area contributed by atoms with Crippen LogP contribution < -0.4 is 4.74 Å². The van der Waals surface area contributed by atoms with Gasteiger partial charge in [0, 0.05) is 0 Å². The summed E-state index contributed by atoms with van der Waals surface area (Å²) in [6.45, 7) is 1.98. The quantitative estimate of drug-likeness (QED) is 0.738. The first-order valence-corrected chi connectivity index (χ1v) is 5.71. The lowest BCUT2D eigenvalue weighted by atomic mass is 10.1. The summed E-state index contributed by atoms with van der Waals surface area (Å²) >= 11 is -0.133. The van der Waals surface area contributed by atoms with Crippen LogP contribution >= 0.6 is 11.8 Å². The molecule has 0 saturated carbocycles. The van der Waals surface area contributed by atoms with Crippen molar-refractivity contribution in [3.05, 3.63) is 23.8 Å². The number of halogens is 3. The normalized spacial score (nSPS) is 11.6. The Bertz CT molecular complexity index is 350. The number of methoxy groups -OCH3 is 1. The van der Waals surface area contributed by atoms with Crippen molar-refractivity contribution in [2.24, 2.45) is 0 Å². The monoisotopic (exact) mass is 250 g/mol. The molecule has 0 unspecified atom stereocenters. The smallest absolute Gasteiger partial charge is 0.446 e. The van der Waals surface area contributed by atoms with E-state index in [9.17, 15) is 13.2 Å². The minimum absolute atomic E-state index is 0.126. The highest BCUT2D eigenvalue weighted by molar-refractivity contribution is 8.00. The van der Waals surface area contributed by atoms with Gasteiger partial charge in [-0.2, -0.15) is 13.2 Å². The van der Waals surface area contributed by atoms with Crippen LogP contribution in [-0.4, -0.2) is 12.6 Å². The van der Waals surface area contributed by atoms with Gasteiger partial charge in [0.1, 0.15) is 5.75 Å². The van der Waals surface area contributed by atoms with Gasteiger partial charge in [-0.15, -0.1) is 0 Å². The number of hydrogen-bond donors (Lipinski definition) is 0. The fourth-order valence-electron chi connectivity index (χ4n) is 1.46. The maximum atomic E-state index is 12.3. The third-order valence-corrected chi connectivity index (χ3v) is 2.78. The summed E-state index contributed by atoms with van der Waals surface area (Å²) in [5, 5.41) is 0. The van der Waals surface area contributed by atoms with Crippen molar-refractivity contribution in [1.82, 2.24) is 0 Å². The molecular weight excluding hydrogens is 237 g/mol. The second-order valence-electron chi connectivity index (χ2n) is 3.25. The summed E-state index contributed by atoms with van der Waals surface area (Å²) < 4.78 is 41.9. The van der Waals surface area contributed by atoms with E-state index in [4.69, 9.17) is 4.74 Å². The molecule has 90 valence electrons. The van der Waals surface area contributed by atoms with Gasteiger partial charge in [-0.25, -0.2) is 0 Å². The van der Waals surface area contributed by atoms with Gasteiger partial charge < -0.3 is 4.74 Å². The van der Waals surface area contributed by atoms with E-state index in [1.807, 2.05) is 6.92 Å². The van der Waals surface area contributed by atoms with Crippen molar-refractivity contribution in [3.8, 4) is 5.75 Å². The molecule has 0 aliphatic carbocycles. The molecule has 0 N–H and O–H groups in total. The van der Waals surface area contributed by atoms with Crippen molar-refractivity contribution in [2.75, 3.05) is 7.11 Å². The molecule has 0 aromatic heterocycles. The molecule has 0 radical (unpaired) electrons. The molecule has 1 aromatic rings. The number of hydrogen-bond acceptors (Lipinski definition) is 2. The molecule has 1 nitrogen and oxygen atoms in total. The van der Waals surface area contributed by atoms with Gasteiger partial charge >= 0.3 is 5.51 Å². The van der Waals surface area contributed by atoms with Crippen LogP contribution in [0.3, 0.4) is 0 Å². The number of para-hydroxylation sites is 1. The predicted molar refractivity (Wildman–Crippen MR) is 58.9 cm³/mol. The van der Waals surface area contributed by atoms with E-state index in [0.717, 1.165) is 18.4 Å². The average Bonchev–Trinajstić information content (AvgIpc) is 2.16. The zero-order valence-corrected chi connectivity index (χ0v) is 9.91. The minimum Gasteiger partial charge on any atom is -0.495 e. The lowest BCUT2D eigenvalue weighted by Gasteiger charge is -2.13. The maximum Gasteiger partial charge on any atom is 0.446 e. The zero-order valence-electron chi connectivity index (χ0n) is 9.10. The van der Waals surface area contributed by atoms with Crippen LogP contribution in [0.5, 0.6) is 5.75 Å². The van der Waals surface area contributed by atoms with E-state index in [2.05, 4.69) is 0 Å². The van der Waals surface area contributed by atoms with Crippen LogP contribution in [0.25, 0.3) is 0 Å². The van der Waals surface area contributed by atoms with Crippen molar-refractivity contribution in [3.63, 3.8) is 0 Å². The summed E-state index contributed by atoms with van der Waals surface area (Å²) in [7, 11) is 1.40. The summed E-state index contributed by atoms with van der Waals surface area (Å²) in [4.78, 5) is 0.126. The molecule has 0 heterocycles. The van der Waals surface area contributed by atoms with Gasteiger partial charge in [0.05, 0.1) is 12.0 Å². The number of aryl methyl sites for hydroxylation is 1. The summed E-state index contributed by atoms with van der Waals surface area (Å²) in [6.07, 6.45) is 1.59. The Hall–Kier alpha value is -0.840. The Morgan fingerprint density at radius 3 is 2.50 bits per heavy atom. The molecule has 0 fully saturated rings.